The highest BCUT2D eigenvalue weighted by molar-refractivity contribution is 5.98. The van der Waals surface area contributed by atoms with Gasteiger partial charge in [-0.1, -0.05) is 12.1 Å². The lowest BCUT2D eigenvalue weighted by Gasteiger charge is -2.31. The molecule has 0 saturated carbocycles. The number of benzene rings is 1. The molecule has 152 valence electrons. The number of rotatable bonds is 5. The average molecular weight is 411 g/mol. The second kappa shape index (κ2) is 6.17. The van der Waals surface area contributed by atoms with E-state index in [9.17, 15) is 44.3 Å². The number of anilines is 1. The number of para-hydroxylation sites is 2. The number of carbonyl (C=O) groups excluding carboxylic acids is 1. The minimum Gasteiger partial charge on any atom is -0.492 e. The minimum atomic E-state index is -6.73. The van der Waals surface area contributed by atoms with Crippen molar-refractivity contribution in [1.82, 2.24) is 0 Å². The van der Waals surface area contributed by atoms with Gasteiger partial charge in [-0.05, 0) is 19.1 Å². The first-order valence-electron chi connectivity index (χ1n) is 7.09. The molecule has 13 heteroatoms. The van der Waals surface area contributed by atoms with Crippen LogP contribution in [0.5, 0.6) is 5.75 Å². The zero-order valence-electron chi connectivity index (χ0n) is 13.1. The summed E-state index contributed by atoms with van der Waals surface area (Å²) < 4.78 is 128. The number of halogens is 9. The molecule has 1 aromatic rings. The Hall–Kier alpha value is -2.18. The Bertz CT molecular complexity index is 740. The van der Waals surface area contributed by atoms with E-state index in [2.05, 4.69) is 4.74 Å². The Morgan fingerprint density at radius 3 is 2.11 bits per heavy atom. The molecule has 27 heavy (non-hydrogen) atoms. The molecule has 1 amide bonds. The molecular formula is C14H10F9NO3. The Balaban J connectivity index is 2.42. The van der Waals surface area contributed by atoms with Crippen molar-refractivity contribution in [3.05, 3.63) is 24.3 Å². The standard InChI is InChI=1S/C14H10F9NO3/c1-2-26-8-6-4-3-5-7(8)24-9(25)10(15,16)13(21)11(17,18)12(19,20)14(22,23)27-13/h3-6H,2H2,1H3,(H,24,25)/t13-/m1/s1. The molecule has 0 aromatic heterocycles. The van der Waals surface area contributed by atoms with Crippen molar-refractivity contribution in [2.45, 2.75) is 36.7 Å². The van der Waals surface area contributed by atoms with Gasteiger partial charge in [-0.3, -0.25) is 9.53 Å². The van der Waals surface area contributed by atoms with Crippen LogP contribution in [0.4, 0.5) is 45.2 Å². The van der Waals surface area contributed by atoms with Gasteiger partial charge >= 0.3 is 35.6 Å². The number of hydrogen-bond donors (Lipinski definition) is 1. The Morgan fingerprint density at radius 1 is 1.07 bits per heavy atom. The molecule has 0 spiro atoms. The van der Waals surface area contributed by atoms with Crippen molar-refractivity contribution in [1.29, 1.82) is 0 Å². The molecule has 0 radical (unpaired) electrons. The third-order valence-corrected chi connectivity index (χ3v) is 3.56. The maximum atomic E-state index is 14.1. The molecular weight excluding hydrogens is 401 g/mol. The Kier molecular flexibility index (Phi) is 4.83. The van der Waals surface area contributed by atoms with E-state index in [4.69, 9.17) is 4.74 Å². The summed E-state index contributed by atoms with van der Waals surface area (Å²) >= 11 is 0. The molecule has 4 nitrogen and oxygen atoms in total. The van der Waals surface area contributed by atoms with Crippen LogP contribution in [0.3, 0.4) is 0 Å². The van der Waals surface area contributed by atoms with Gasteiger partial charge in [-0.2, -0.15) is 39.5 Å². The van der Waals surface area contributed by atoms with E-state index in [0.29, 0.717) is 0 Å². The first-order valence-corrected chi connectivity index (χ1v) is 7.09. The number of alkyl halides is 9. The Labute approximate surface area is 145 Å². The van der Waals surface area contributed by atoms with Crippen molar-refractivity contribution < 1.29 is 53.8 Å². The van der Waals surface area contributed by atoms with Gasteiger partial charge in [0.05, 0.1) is 12.3 Å². The van der Waals surface area contributed by atoms with Crippen LogP contribution in [0.1, 0.15) is 6.92 Å². The van der Waals surface area contributed by atoms with Crippen LogP contribution in [-0.4, -0.2) is 42.2 Å². The molecule has 1 saturated heterocycles. The molecule has 0 bridgehead atoms. The molecule has 1 aliphatic rings. The van der Waals surface area contributed by atoms with Crippen LogP contribution in [-0.2, 0) is 9.53 Å². The second-order valence-corrected chi connectivity index (χ2v) is 5.32. The topological polar surface area (TPSA) is 47.6 Å². The summed E-state index contributed by atoms with van der Waals surface area (Å²) in [5.41, 5.74) is -0.576. The third kappa shape index (κ3) is 2.78. The fourth-order valence-corrected chi connectivity index (χ4v) is 2.15. The quantitative estimate of drug-likeness (QED) is 0.739. The summed E-state index contributed by atoms with van der Waals surface area (Å²) in [5.74, 6) is -29.0. The second-order valence-electron chi connectivity index (χ2n) is 5.32. The largest absolute Gasteiger partial charge is 0.492 e. The molecule has 1 fully saturated rings. The predicted octanol–water partition coefficient (Wildman–Crippen LogP) is 4.22. The number of amides is 1. The van der Waals surface area contributed by atoms with Gasteiger partial charge in [0.15, 0.2) is 0 Å². The highest BCUT2D eigenvalue weighted by atomic mass is 19.4. The van der Waals surface area contributed by atoms with Crippen LogP contribution in [0.25, 0.3) is 0 Å². The predicted molar refractivity (Wildman–Crippen MR) is 71.0 cm³/mol. The van der Waals surface area contributed by atoms with Gasteiger partial charge in [0.25, 0.3) is 0 Å². The van der Waals surface area contributed by atoms with E-state index in [0.717, 1.165) is 12.1 Å². The lowest BCUT2D eigenvalue weighted by atomic mass is 9.99. The van der Waals surface area contributed by atoms with Gasteiger partial charge in [0, 0.05) is 0 Å². The van der Waals surface area contributed by atoms with E-state index >= 15 is 0 Å². The highest BCUT2D eigenvalue weighted by Crippen LogP contribution is 2.64. The summed E-state index contributed by atoms with van der Waals surface area (Å²) in [4.78, 5) is 11.6. The normalized spacial score (nSPS) is 25.9. The number of ether oxygens (including phenoxy) is 2. The van der Waals surface area contributed by atoms with Gasteiger partial charge < -0.3 is 10.1 Å². The number of nitrogens with one attached hydrogen (secondary N) is 1. The smallest absolute Gasteiger partial charge is 0.428 e. The third-order valence-electron chi connectivity index (χ3n) is 3.56. The van der Waals surface area contributed by atoms with E-state index in [1.807, 2.05) is 0 Å². The molecule has 0 aliphatic carbocycles. The van der Waals surface area contributed by atoms with Gasteiger partial charge in [-0.25, -0.2) is 0 Å². The fourth-order valence-electron chi connectivity index (χ4n) is 2.15. The van der Waals surface area contributed by atoms with Crippen molar-refractivity contribution in [3.63, 3.8) is 0 Å². The monoisotopic (exact) mass is 411 g/mol. The highest BCUT2D eigenvalue weighted by Gasteiger charge is 2.96. The average Bonchev–Trinajstić information content (AvgIpc) is 2.64. The fraction of sp³-hybridized carbons (Fsp3) is 0.500. The zero-order valence-corrected chi connectivity index (χ0v) is 13.1. The summed E-state index contributed by atoms with van der Waals surface area (Å²) in [7, 11) is 0. The van der Waals surface area contributed by atoms with Crippen LogP contribution < -0.4 is 10.1 Å². The van der Waals surface area contributed by atoms with Crippen molar-refractivity contribution in [2.75, 3.05) is 11.9 Å². The molecule has 1 atom stereocenters. The van der Waals surface area contributed by atoms with Gasteiger partial charge in [-0.15, -0.1) is 0 Å². The molecule has 1 N–H and O–H groups in total. The molecule has 0 unspecified atom stereocenters. The summed E-state index contributed by atoms with van der Waals surface area (Å²) in [6, 6.07) is 4.57. The lowest BCUT2D eigenvalue weighted by molar-refractivity contribution is -0.366. The summed E-state index contributed by atoms with van der Waals surface area (Å²) in [6.07, 6.45) is -6.29. The number of carbonyl (C=O) groups is 1. The van der Waals surface area contributed by atoms with Gasteiger partial charge in [0.2, 0.25) is 0 Å². The maximum absolute atomic E-state index is 14.1. The van der Waals surface area contributed by atoms with Crippen LogP contribution in [0.2, 0.25) is 0 Å². The van der Waals surface area contributed by atoms with Crippen LogP contribution in [0, 0.1) is 0 Å². The summed E-state index contributed by atoms with van der Waals surface area (Å²) in [5, 5.41) is 1.27. The summed E-state index contributed by atoms with van der Waals surface area (Å²) in [6.45, 7) is 1.43. The first kappa shape index (κ1) is 21.1. The van der Waals surface area contributed by atoms with E-state index in [1.165, 1.54) is 24.4 Å². The maximum Gasteiger partial charge on any atom is 0.428 e. The SMILES string of the molecule is CCOc1ccccc1NC(=O)C(F)(F)[C@@]1(F)OC(F)(F)C(F)(F)C1(F)F. The zero-order chi connectivity index (χ0) is 20.9. The van der Waals surface area contributed by atoms with Crippen LogP contribution in [0.15, 0.2) is 24.3 Å². The first-order chi connectivity index (χ1) is 12.2. The molecule has 1 aromatic carbocycles. The van der Waals surface area contributed by atoms with Crippen LogP contribution >= 0.6 is 0 Å². The van der Waals surface area contributed by atoms with E-state index < -0.39 is 41.3 Å². The van der Waals surface area contributed by atoms with Gasteiger partial charge in [0.1, 0.15) is 5.75 Å². The van der Waals surface area contributed by atoms with E-state index in [-0.39, 0.29) is 12.4 Å². The lowest BCUT2D eigenvalue weighted by Crippen LogP contribution is -2.63. The molecule has 1 aliphatic heterocycles. The van der Waals surface area contributed by atoms with E-state index in [1.54, 1.807) is 0 Å². The number of hydrogen-bond acceptors (Lipinski definition) is 3. The molecule has 2 rings (SSSR count). The Morgan fingerprint density at radius 2 is 1.63 bits per heavy atom. The van der Waals surface area contributed by atoms with Crippen molar-refractivity contribution in [3.8, 4) is 5.75 Å². The van der Waals surface area contributed by atoms with Crippen molar-refractivity contribution >= 4 is 11.6 Å². The van der Waals surface area contributed by atoms with Crippen molar-refractivity contribution in [2.24, 2.45) is 0 Å². The molecule has 1 heterocycles. The minimum absolute atomic E-state index is 0.0318.